The van der Waals surface area contributed by atoms with Crippen molar-refractivity contribution in [2.75, 3.05) is 6.54 Å². The quantitative estimate of drug-likeness (QED) is 0.225. The van der Waals surface area contributed by atoms with Crippen LogP contribution in [0.25, 0.3) is 0 Å². The summed E-state index contributed by atoms with van der Waals surface area (Å²) >= 11 is 3.94. The predicted molar refractivity (Wildman–Crippen MR) is 137 cm³/mol. The number of thiol groups is 1. The van der Waals surface area contributed by atoms with E-state index in [1.54, 1.807) is 0 Å². The van der Waals surface area contributed by atoms with Crippen LogP contribution in [0.1, 0.15) is 48.5 Å². The average Bonchev–Trinajstić information content (AvgIpc) is 2.81. The third kappa shape index (κ3) is 6.80. The Labute approximate surface area is 201 Å². The highest BCUT2D eigenvalue weighted by atomic mass is 32.1. The van der Waals surface area contributed by atoms with Gasteiger partial charge in [-0.05, 0) is 36.3 Å². The standard InChI is InChI=1S/C21H45N3O5SSi2/c1-8-31(9-2,10-3)28-18-16(14-22)27-20(21(26)24-30)17(23-15(7)25)19(18)29-32(11-4,12-5)13-6/h16-20,30H,8-14,22H2,1-7H3,(H,23,25)(H,24,26)/t16?,17?,18-,19+,20+/m0/s1. The molecule has 1 aliphatic heterocycles. The van der Waals surface area contributed by atoms with Gasteiger partial charge < -0.3 is 29.4 Å². The molecule has 32 heavy (non-hydrogen) atoms. The van der Waals surface area contributed by atoms with Crippen LogP contribution in [0.2, 0.25) is 36.3 Å². The smallest absolute Gasteiger partial charge is 0.261 e. The fraction of sp³-hybridized carbons (Fsp3) is 0.905. The molecule has 2 unspecified atom stereocenters. The normalized spacial score (nSPS) is 26.6. The Morgan fingerprint density at radius 3 is 1.69 bits per heavy atom. The first-order valence-electron chi connectivity index (χ1n) is 12.1. The average molecular weight is 508 g/mol. The lowest BCUT2D eigenvalue weighted by atomic mass is 9.92. The van der Waals surface area contributed by atoms with E-state index in [-0.39, 0.29) is 12.5 Å². The van der Waals surface area contributed by atoms with E-state index in [0.29, 0.717) is 0 Å². The van der Waals surface area contributed by atoms with E-state index in [2.05, 4.69) is 64.4 Å². The third-order valence-electron chi connectivity index (χ3n) is 7.30. The zero-order chi connectivity index (χ0) is 24.5. The molecule has 0 spiro atoms. The Kier molecular flexibility index (Phi) is 12.4. The monoisotopic (exact) mass is 507 g/mol. The Bertz CT molecular complexity index is 591. The molecular weight excluding hydrogens is 462 g/mol. The van der Waals surface area contributed by atoms with Crippen molar-refractivity contribution >= 4 is 41.3 Å². The molecule has 0 radical (unpaired) electrons. The third-order valence-corrected chi connectivity index (χ3v) is 16.8. The van der Waals surface area contributed by atoms with Gasteiger partial charge >= 0.3 is 0 Å². The van der Waals surface area contributed by atoms with Crippen molar-refractivity contribution in [2.45, 2.75) is 115 Å². The van der Waals surface area contributed by atoms with Crippen molar-refractivity contribution < 1.29 is 23.2 Å². The van der Waals surface area contributed by atoms with Gasteiger partial charge in [0.1, 0.15) is 0 Å². The number of carbonyl (C=O) groups excluding carboxylic acids is 2. The van der Waals surface area contributed by atoms with Crippen LogP contribution >= 0.6 is 12.8 Å². The van der Waals surface area contributed by atoms with Gasteiger partial charge in [0, 0.05) is 13.5 Å². The molecule has 188 valence electrons. The molecule has 5 atom stereocenters. The maximum Gasteiger partial charge on any atom is 0.261 e. The summed E-state index contributed by atoms with van der Waals surface area (Å²) in [5.41, 5.74) is 6.14. The summed E-state index contributed by atoms with van der Waals surface area (Å²) in [6.07, 6.45) is -2.47. The number of hydrogen-bond donors (Lipinski definition) is 4. The molecule has 11 heteroatoms. The van der Waals surface area contributed by atoms with Gasteiger partial charge in [0.05, 0.1) is 24.4 Å². The van der Waals surface area contributed by atoms with Gasteiger partial charge in [-0.1, -0.05) is 54.4 Å². The van der Waals surface area contributed by atoms with Gasteiger partial charge in [-0.3, -0.25) is 9.59 Å². The molecule has 1 aliphatic rings. The Morgan fingerprint density at radius 1 is 0.906 bits per heavy atom. The van der Waals surface area contributed by atoms with Gasteiger partial charge in [-0.25, -0.2) is 0 Å². The number of nitrogens with one attached hydrogen (secondary N) is 2. The van der Waals surface area contributed by atoms with E-state index >= 15 is 0 Å². The van der Waals surface area contributed by atoms with Gasteiger partial charge in [0.2, 0.25) is 5.91 Å². The first kappa shape index (κ1) is 29.6. The fourth-order valence-corrected chi connectivity index (χ4v) is 10.5. The number of nitrogens with two attached hydrogens (primary N) is 1. The van der Waals surface area contributed by atoms with E-state index < -0.39 is 53.0 Å². The second kappa shape index (κ2) is 13.5. The van der Waals surface area contributed by atoms with Crippen molar-refractivity contribution in [2.24, 2.45) is 5.73 Å². The molecule has 1 fully saturated rings. The van der Waals surface area contributed by atoms with Crippen molar-refractivity contribution in [3.63, 3.8) is 0 Å². The summed E-state index contributed by atoms with van der Waals surface area (Å²) in [6, 6.07) is 5.00. The highest BCUT2D eigenvalue weighted by molar-refractivity contribution is 7.78. The van der Waals surface area contributed by atoms with Gasteiger partial charge in [0.25, 0.3) is 5.91 Å². The summed E-state index contributed by atoms with van der Waals surface area (Å²) < 4.78 is 22.4. The molecule has 1 rings (SSSR count). The van der Waals surface area contributed by atoms with Crippen LogP contribution < -0.4 is 15.8 Å². The van der Waals surface area contributed by atoms with Gasteiger partial charge in [-0.15, -0.1) is 0 Å². The lowest BCUT2D eigenvalue weighted by Crippen LogP contribution is -2.71. The molecule has 1 heterocycles. The topological polar surface area (TPSA) is 112 Å². The zero-order valence-corrected chi connectivity index (χ0v) is 23.8. The minimum atomic E-state index is -2.13. The van der Waals surface area contributed by atoms with E-state index in [9.17, 15) is 9.59 Å². The van der Waals surface area contributed by atoms with E-state index in [4.69, 9.17) is 19.3 Å². The molecule has 0 aromatic rings. The Hall–Kier alpha value is -0.436. The minimum absolute atomic E-state index is 0.189. The molecule has 0 bridgehead atoms. The SMILES string of the molecule is CC[Si](CC)(CC)O[C@@H]1C(NC(C)=O)[C@H](C(=O)NS)OC(CN)[C@@H]1O[Si](CC)(CC)CC. The maximum absolute atomic E-state index is 12.7. The molecule has 0 saturated carbocycles. The molecule has 1 saturated heterocycles. The van der Waals surface area contributed by atoms with Crippen LogP contribution in [0.15, 0.2) is 0 Å². The maximum atomic E-state index is 12.7. The van der Waals surface area contributed by atoms with Crippen molar-refractivity contribution in [3.05, 3.63) is 0 Å². The lowest BCUT2D eigenvalue weighted by molar-refractivity contribution is -0.180. The number of carbonyl (C=O) groups is 2. The number of rotatable bonds is 13. The Balaban J connectivity index is 3.61. The molecule has 0 aromatic heterocycles. The van der Waals surface area contributed by atoms with Crippen LogP contribution in [0.4, 0.5) is 0 Å². The van der Waals surface area contributed by atoms with E-state index in [0.717, 1.165) is 36.3 Å². The number of ether oxygens (including phenoxy) is 1. The van der Waals surface area contributed by atoms with Crippen LogP contribution in [0.5, 0.6) is 0 Å². The molecule has 0 aromatic carbocycles. The predicted octanol–water partition coefficient (Wildman–Crippen LogP) is 2.96. The van der Waals surface area contributed by atoms with Crippen LogP contribution in [-0.4, -0.2) is 65.5 Å². The second-order valence-electron chi connectivity index (χ2n) is 8.69. The van der Waals surface area contributed by atoms with E-state index in [1.807, 2.05) is 0 Å². The Morgan fingerprint density at radius 2 is 1.34 bits per heavy atom. The summed E-state index contributed by atoms with van der Waals surface area (Å²) in [4.78, 5) is 24.9. The largest absolute Gasteiger partial charge is 0.409 e. The first-order chi connectivity index (χ1) is 15.1. The van der Waals surface area contributed by atoms with Crippen molar-refractivity contribution in [1.29, 1.82) is 0 Å². The van der Waals surface area contributed by atoms with Crippen LogP contribution in [0, 0.1) is 0 Å². The van der Waals surface area contributed by atoms with Crippen molar-refractivity contribution in [3.8, 4) is 0 Å². The molecular formula is C21H45N3O5SSi2. The number of amides is 2. The van der Waals surface area contributed by atoms with E-state index in [1.165, 1.54) is 6.92 Å². The van der Waals surface area contributed by atoms with Gasteiger partial charge in [-0.2, -0.15) is 0 Å². The highest BCUT2D eigenvalue weighted by Crippen LogP contribution is 2.35. The fourth-order valence-electron chi connectivity index (χ4n) is 4.67. The van der Waals surface area contributed by atoms with Crippen LogP contribution in [-0.2, 0) is 23.2 Å². The number of hydrogen-bond acceptors (Lipinski definition) is 7. The molecule has 0 aliphatic carbocycles. The van der Waals surface area contributed by atoms with Crippen LogP contribution in [0.3, 0.4) is 0 Å². The first-order valence-corrected chi connectivity index (χ1v) is 17.6. The summed E-state index contributed by atoms with van der Waals surface area (Å²) in [7, 11) is -4.19. The minimum Gasteiger partial charge on any atom is -0.409 e. The molecule has 2 amide bonds. The van der Waals surface area contributed by atoms with Gasteiger partial charge in [0.15, 0.2) is 22.7 Å². The summed E-state index contributed by atoms with van der Waals surface area (Å²) in [5.74, 6) is -0.685. The zero-order valence-electron chi connectivity index (χ0n) is 20.9. The molecule has 4 N–H and O–H groups in total. The summed E-state index contributed by atoms with van der Waals surface area (Å²) in [5, 5.41) is 2.94. The molecule has 8 nitrogen and oxygen atoms in total. The second-order valence-corrected chi connectivity index (χ2v) is 18.4. The van der Waals surface area contributed by atoms with Crippen molar-refractivity contribution in [1.82, 2.24) is 10.0 Å². The highest BCUT2D eigenvalue weighted by Gasteiger charge is 2.53. The lowest BCUT2D eigenvalue weighted by Gasteiger charge is -2.51. The summed E-state index contributed by atoms with van der Waals surface area (Å²) in [6.45, 7) is 14.6.